The molecular weight excluding hydrogens is 554 g/mol. The van der Waals surface area contributed by atoms with E-state index in [1.165, 1.54) is 0 Å². The van der Waals surface area contributed by atoms with Gasteiger partial charge in [-0.25, -0.2) is 18.7 Å². The Hall–Kier alpha value is -3.05. The van der Waals surface area contributed by atoms with Crippen LogP contribution in [-0.2, 0) is 35.6 Å². The maximum absolute atomic E-state index is 13.8. The Kier molecular flexibility index (Phi) is 13.7. The van der Waals surface area contributed by atoms with Crippen molar-refractivity contribution < 1.29 is 27.6 Å². The van der Waals surface area contributed by atoms with Crippen molar-refractivity contribution in [3.8, 4) is 0 Å². The summed E-state index contributed by atoms with van der Waals surface area (Å²) >= 11 is 0. The van der Waals surface area contributed by atoms with E-state index >= 15 is 0 Å². The zero-order valence-corrected chi connectivity index (χ0v) is 25.7. The molecule has 10 heteroatoms. The maximum atomic E-state index is 13.8. The summed E-state index contributed by atoms with van der Waals surface area (Å²) in [5.41, 5.74) is 7.22. The fraction of sp³-hybridized carbons (Fsp3) is 0.500. The van der Waals surface area contributed by atoms with Crippen LogP contribution >= 0.6 is 0 Å². The Labute approximate surface area is 250 Å². The second-order valence-electron chi connectivity index (χ2n) is 11.2. The number of hydrogen-bond acceptors (Lipinski definition) is 6. The van der Waals surface area contributed by atoms with E-state index in [4.69, 9.17) is 9.57 Å². The molecule has 2 amide bonds. The quantitative estimate of drug-likeness (QED) is 0.266. The molecule has 2 aromatic rings. The summed E-state index contributed by atoms with van der Waals surface area (Å²) in [5, 5.41) is 0. The fourth-order valence-corrected chi connectivity index (χ4v) is 5.63. The van der Waals surface area contributed by atoms with Crippen LogP contribution in [0.3, 0.4) is 0 Å². The van der Waals surface area contributed by atoms with Gasteiger partial charge >= 0.3 is 0 Å². The van der Waals surface area contributed by atoms with Gasteiger partial charge in [0, 0.05) is 19.6 Å². The SMILES string of the molecule is CC(C)C[C@@H](C(=O)NN(CCCc1ccccc1)S(C)(=O)=O)[C@H](CC=Cc1ccccc1)C(=O)NOC1CCCCO1. The molecule has 1 aliphatic rings. The van der Waals surface area contributed by atoms with Crippen LogP contribution in [0.1, 0.15) is 63.5 Å². The van der Waals surface area contributed by atoms with Gasteiger partial charge < -0.3 is 4.74 Å². The molecule has 230 valence electrons. The van der Waals surface area contributed by atoms with Crippen molar-refractivity contribution in [3.05, 3.63) is 77.9 Å². The number of hydrogen-bond donors (Lipinski definition) is 2. The average molecular weight is 600 g/mol. The summed E-state index contributed by atoms with van der Waals surface area (Å²) in [6.07, 6.45) is 8.67. The Morgan fingerprint density at radius 2 is 1.71 bits per heavy atom. The summed E-state index contributed by atoms with van der Waals surface area (Å²) in [6.45, 7) is 4.61. The standard InChI is InChI=1S/C32H45N3O6S/c1-25(2)24-29(31(36)33-35(42(3,38)39)22-13-19-27-16-8-5-9-17-27)28(20-12-18-26-14-6-4-7-15-26)32(37)34-41-30-21-10-11-23-40-30/h4-9,12,14-18,25,28-30H,10-11,13,19-24H2,1-3H3,(H,33,36)(H,34,37)/t28-,29+,30?/m0/s1. The Morgan fingerprint density at radius 1 is 1.02 bits per heavy atom. The van der Waals surface area contributed by atoms with Crippen molar-refractivity contribution in [3.63, 3.8) is 0 Å². The average Bonchev–Trinajstić information content (AvgIpc) is 2.97. The molecule has 1 fully saturated rings. The number of rotatable bonds is 16. The molecule has 0 aromatic heterocycles. The summed E-state index contributed by atoms with van der Waals surface area (Å²) in [4.78, 5) is 32.9. The number of nitrogens with zero attached hydrogens (tertiary/aromatic N) is 1. The minimum atomic E-state index is -3.75. The van der Waals surface area contributed by atoms with E-state index in [9.17, 15) is 18.0 Å². The summed E-state index contributed by atoms with van der Waals surface area (Å²) < 4.78 is 31.9. The number of aryl methyl sites for hydroxylation is 1. The number of benzene rings is 2. The van der Waals surface area contributed by atoms with E-state index in [0.29, 0.717) is 32.3 Å². The lowest BCUT2D eigenvalue weighted by Gasteiger charge is -2.30. The largest absolute Gasteiger partial charge is 0.350 e. The number of hydroxylamine groups is 1. The molecule has 0 bridgehead atoms. The third kappa shape index (κ3) is 11.7. The lowest BCUT2D eigenvalue weighted by molar-refractivity contribution is -0.203. The molecule has 1 aliphatic heterocycles. The second kappa shape index (κ2) is 17.2. The first-order valence-electron chi connectivity index (χ1n) is 14.7. The van der Waals surface area contributed by atoms with Crippen LogP contribution in [0.15, 0.2) is 66.7 Å². The van der Waals surface area contributed by atoms with Gasteiger partial charge in [-0.2, -0.15) is 0 Å². The molecule has 3 rings (SSSR count). The van der Waals surface area contributed by atoms with Crippen molar-refractivity contribution in [1.29, 1.82) is 0 Å². The molecule has 1 heterocycles. The number of amides is 2. The monoisotopic (exact) mass is 599 g/mol. The predicted molar refractivity (Wildman–Crippen MR) is 164 cm³/mol. The molecule has 0 radical (unpaired) electrons. The molecule has 2 aromatic carbocycles. The zero-order valence-electron chi connectivity index (χ0n) is 24.9. The van der Waals surface area contributed by atoms with Crippen LogP contribution < -0.4 is 10.9 Å². The van der Waals surface area contributed by atoms with Gasteiger partial charge in [-0.05, 0) is 55.6 Å². The first-order chi connectivity index (χ1) is 20.1. The third-order valence-electron chi connectivity index (χ3n) is 7.12. The number of allylic oxidation sites excluding steroid dienone is 1. The van der Waals surface area contributed by atoms with Gasteiger partial charge in [-0.3, -0.25) is 15.0 Å². The van der Waals surface area contributed by atoms with Crippen molar-refractivity contribution >= 4 is 27.9 Å². The van der Waals surface area contributed by atoms with E-state index in [-0.39, 0.29) is 18.9 Å². The first kappa shape index (κ1) is 33.5. The van der Waals surface area contributed by atoms with Crippen molar-refractivity contribution in [2.45, 2.75) is 65.1 Å². The number of hydrazine groups is 1. The van der Waals surface area contributed by atoms with Crippen molar-refractivity contribution in [2.75, 3.05) is 19.4 Å². The Bertz CT molecular complexity index is 1230. The van der Waals surface area contributed by atoms with Crippen LogP contribution in [0, 0.1) is 17.8 Å². The number of carbonyl (C=O) groups is 2. The van der Waals surface area contributed by atoms with Gasteiger partial charge in [0.1, 0.15) is 0 Å². The van der Waals surface area contributed by atoms with E-state index < -0.39 is 40.0 Å². The fourth-order valence-electron chi connectivity index (χ4n) is 4.92. The van der Waals surface area contributed by atoms with E-state index in [2.05, 4.69) is 10.9 Å². The van der Waals surface area contributed by atoms with E-state index in [1.54, 1.807) is 0 Å². The molecule has 9 nitrogen and oxygen atoms in total. The number of carbonyl (C=O) groups excluding carboxylic acids is 2. The van der Waals surface area contributed by atoms with Crippen LogP contribution in [0.4, 0.5) is 0 Å². The highest BCUT2D eigenvalue weighted by atomic mass is 32.2. The lowest BCUT2D eigenvalue weighted by Crippen LogP contribution is -2.51. The van der Waals surface area contributed by atoms with Crippen LogP contribution in [0.5, 0.6) is 0 Å². The minimum Gasteiger partial charge on any atom is -0.350 e. The van der Waals surface area contributed by atoms with Gasteiger partial charge in [0.15, 0.2) is 6.29 Å². The molecule has 2 N–H and O–H groups in total. The lowest BCUT2D eigenvalue weighted by atomic mass is 9.82. The summed E-state index contributed by atoms with van der Waals surface area (Å²) in [5.74, 6) is -2.50. The van der Waals surface area contributed by atoms with Gasteiger partial charge in [0.25, 0.3) is 0 Å². The molecule has 0 aliphatic carbocycles. The maximum Gasteiger partial charge on any atom is 0.247 e. The van der Waals surface area contributed by atoms with E-state index in [0.717, 1.165) is 34.6 Å². The molecule has 1 saturated heterocycles. The molecule has 42 heavy (non-hydrogen) atoms. The van der Waals surface area contributed by atoms with Gasteiger partial charge in [-0.1, -0.05) is 86.7 Å². The molecule has 0 saturated carbocycles. The predicted octanol–water partition coefficient (Wildman–Crippen LogP) is 4.87. The van der Waals surface area contributed by atoms with Crippen LogP contribution in [0.2, 0.25) is 0 Å². The second-order valence-corrected chi connectivity index (χ2v) is 13.1. The van der Waals surface area contributed by atoms with Crippen LogP contribution in [-0.4, -0.2) is 50.3 Å². The number of ether oxygens (including phenoxy) is 1. The number of nitrogens with one attached hydrogen (secondary N) is 2. The van der Waals surface area contributed by atoms with Gasteiger partial charge in [0.2, 0.25) is 21.8 Å². The number of sulfonamides is 1. The summed E-state index contributed by atoms with van der Waals surface area (Å²) in [6, 6.07) is 19.4. The highest BCUT2D eigenvalue weighted by Crippen LogP contribution is 2.26. The zero-order chi connectivity index (χ0) is 30.4. The van der Waals surface area contributed by atoms with Crippen molar-refractivity contribution in [1.82, 2.24) is 15.3 Å². The third-order valence-corrected chi connectivity index (χ3v) is 8.19. The van der Waals surface area contributed by atoms with Crippen LogP contribution in [0.25, 0.3) is 6.08 Å². The first-order valence-corrected chi connectivity index (χ1v) is 16.6. The van der Waals surface area contributed by atoms with Crippen molar-refractivity contribution in [2.24, 2.45) is 17.8 Å². The van der Waals surface area contributed by atoms with Gasteiger partial charge in [-0.15, -0.1) is 4.41 Å². The highest BCUT2D eigenvalue weighted by Gasteiger charge is 2.36. The molecule has 3 atom stereocenters. The Balaban J connectivity index is 1.77. The highest BCUT2D eigenvalue weighted by molar-refractivity contribution is 7.88. The summed E-state index contributed by atoms with van der Waals surface area (Å²) in [7, 11) is -3.75. The topological polar surface area (TPSA) is 114 Å². The smallest absolute Gasteiger partial charge is 0.247 e. The minimum absolute atomic E-state index is 0.0708. The van der Waals surface area contributed by atoms with E-state index in [1.807, 2.05) is 86.7 Å². The Morgan fingerprint density at radius 3 is 2.33 bits per heavy atom. The molecule has 1 unspecified atom stereocenters. The van der Waals surface area contributed by atoms with Gasteiger partial charge in [0.05, 0.1) is 18.1 Å². The normalized spacial score (nSPS) is 17.3. The molecular formula is C32H45N3O6S. The molecule has 0 spiro atoms.